The minimum absolute atomic E-state index is 0.0517. The van der Waals surface area contributed by atoms with E-state index in [0.29, 0.717) is 40.5 Å². The molecule has 2 N–H and O–H groups in total. The number of hydrogen-bond acceptors (Lipinski definition) is 8. The van der Waals surface area contributed by atoms with Crippen molar-refractivity contribution in [3.63, 3.8) is 0 Å². The van der Waals surface area contributed by atoms with E-state index in [1.165, 1.54) is 17.9 Å². The fraction of sp³-hybridized carbons (Fsp3) is 0.222. The van der Waals surface area contributed by atoms with E-state index in [1.54, 1.807) is 60.7 Å². The molecule has 2 aromatic carbocycles. The van der Waals surface area contributed by atoms with E-state index < -0.39 is 5.97 Å². The van der Waals surface area contributed by atoms with Crippen molar-refractivity contribution in [1.82, 2.24) is 14.9 Å². The molecule has 0 bridgehead atoms. The number of methoxy groups -OCH3 is 1. The molecule has 0 aliphatic heterocycles. The van der Waals surface area contributed by atoms with Crippen molar-refractivity contribution < 1.29 is 23.5 Å². The van der Waals surface area contributed by atoms with Crippen LogP contribution in [0.3, 0.4) is 0 Å². The number of thioether (sulfide) groups is 1. The number of fused-ring (bicyclic) bond motifs is 1. The van der Waals surface area contributed by atoms with Crippen LogP contribution in [0, 0.1) is 0 Å². The maximum Gasteiger partial charge on any atom is 0.339 e. The number of ether oxygens (including phenoxy) is 1. The van der Waals surface area contributed by atoms with Gasteiger partial charge in [0.05, 0.1) is 47.8 Å². The maximum absolute atomic E-state index is 13.2. The molecule has 0 aliphatic carbocycles. The van der Waals surface area contributed by atoms with E-state index in [4.69, 9.17) is 9.15 Å². The zero-order chi connectivity index (χ0) is 26.9. The van der Waals surface area contributed by atoms with Gasteiger partial charge in [0.2, 0.25) is 11.8 Å². The highest BCUT2D eigenvalue weighted by Crippen LogP contribution is 2.20. The molecule has 11 heteroatoms. The van der Waals surface area contributed by atoms with Crippen molar-refractivity contribution in [3.8, 4) is 0 Å². The molecule has 0 aliphatic rings. The Morgan fingerprint density at radius 2 is 1.82 bits per heavy atom. The van der Waals surface area contributed by atoms with Gasteiger partial charge < -0.3 is 19.8 Å². The molecular formula is C27H26N4O6S. The zero-order valence-corrected chi connectivity index (χ0v) is 21.5. The Labute approximate surface area is 222 Å². The van der Waals surface area contributed by atoms with Crippen LogP contribution in [0.15, 0.2) is 81.3 Å². The van der Waals surface area contributed by atoms with E-state index in [2.05, 4.69) is 15.6 Å². The third-order valence-corrected chi connectivity index (χ3v) is 6.57. The highest BCUT2D eigenvalue weighted by molar-refractivity contribution is 7.99. The van der Waals surface area contributed by atoms with E-state index in [9.17, 15) is 19.2 Å². The van der Waals surface area contributed by atoms with Gasteiger partial charge in [0.1, 0.15) is 5.76 Å². The Kier molecular flexibility index (Phi) is 8.94. The second-order valence-corrected chi connectivity index (χ2v) is 9.14. The number of anilines is 1. The van der Waals surface area contributed by atoms with Gasteiger partial charge in [-0.2, -0.15) is 0 Å². The first-order chi connectivity index (χ1) is 18.5. The van der Waals surface area contributed by atoms with Crippen molar-refractivity contribution in [2.75, 3.05) is 18.2 Å². The number of para-hydroxylation sites is 2. The molecule has 0 radical (unpaired) electrons. The van der Waals surface area contributed by atoms with Crippen molar-refractivity contribution in [2.24, 2.45) is 0 Å². The topological polar surface area (TPSA) is 133 Å². The average Bonchev–Trinajstić information content (AvgIpc) is 3.46. The number of furan rings is 1. The Bertz CT molecular complexity index is 1500. The molecule has 0 atom stereocenters. The molecule has 2 heterocycles. The summed E-state index contributed by atoms with van der Waals surface area (Å²) in [4.78, 5) is 54.8. The zero-order valence-electron chi connectivity index (χ0n) is 20.6. The van der Waals surface area contributed by atoms with Gasteiger partial charge in [-0.1, -0.05) is 36.0 Å². The summed E-state index contributed by atoms with van der Waals surface area (Å²) in [5.41, 5.74) is 0.836. The summed E-state index contributed by atoms with van der Waals surface area (Å²) in [5, 5.41) is 6.31. The van der Waals surface area contributed by atoms with Crippen LogP contribution in [-0.2, 0) is 27.4 Å². The number of benzene rings is 2. The van der Waals surface area contributed by atoms with Crippen molar-refractivity contribution in [3.05, 3.63) is 88.6 Å². The molecule has 4 aromatic rings. The fourth-order valence-corrected chi connectivity index (χ4v) is 4.56. The lowest BCUT2D eigenvalue weighted by Gasteiger charge is -2.14. The standard InChI is InChI=1S/C27H26N4O6S/c1-36-26(35)20-10-3-5-12-22(20)29-24(33)17-38-27-30-21-11-4-2-9-19(21)25(34)31(27)14-6-13-23(32)28-16-18-8-7-15-37-18/h2-5,7-12,15H,6,13-14,16-17H2,1H3,(H,28,32)(H,29,33). The summed E-state index contributed by atoms with van der Waals surface area (Å²) < 4.78 is 11.5. The van der Waals surface area contributed by atoms with Crippen LogP contribution in [0.25, 0.3) is 10.9 Å². The number of carbonyl (C=O) groups excluding carboxylic acids is 3. The quantitative estimate of drug-likeness (QED) is 0.169. The van der Waals surface area contributed by atoms with E-state index in [0.717, 1.165) is 11.8 Å². The largest absolute Gasteiger partial charge is 0.467 e. The molecular weight excluding hydrogens is 508 g/mol. The molecule has 0 spiro atoms. The van der Waals surface area contributed by atoms with Gasteiger partial charge in [-0.15, -0.1) is 0 Å². The van der Waals surface area contributed by atoms with Gasteiger partial charge in [0.25, 0.3) is 5.56 Å². The maximum atomic E-state index is 13.2. The third kappa shape index (κ3) is 6.68. The third-order valence-electron chi connectivity index (χ3n) is 5.59. The van der Waals surface area contributed by atoms with E-state index in [-0.39, 0.29) is 41.7 Å². The van der Waals surface area contributed by atoms with Gasteiger partial charge >= 0.3 is 5.97 Å². The molecule has 0 unspecified atom stereocenters. The average molecular weight is 535 g/mol. The molecule has 2 amide bonds. The number of hydrogen-bond donors (Lipinski definition) is 2. The van der Waals surface area contributed by atoms with Gasteiger partial charge in [-0.05, 0) is 42.8 Å². The molecule has 10 nitrogen and oxygen atoms in total. The molecule has 0 fully saturated rings. The Morgan fingerprint density at radius 3 is 2.61 bits per heavy atom. The number of aromatic nitrogens is 2. The number of nitrogens with one attached hydrogen (secondary N) is 2. The van der Waals surface area contributed by atoms with E-state index >= 15 is 0 Å². The first-order valence-corrected chi connectivity index (χ1v) is 12.8. The Morgan fingerprint density at radius 1 is 1.03 bits per heavy atom. The van der Waals surface area contributed by atoms with Crippen LogP contribution in [-0.4, -0.2) is 40.2 Å². The summed E-state index contributed by atoms with van der Waals surface area (Å²) in [6.45, 7) is 0.540. The molecule has 0 saturated heterocycles. The predicted molar refractivity (Wildman–Crippen MR) is 143 cm³/mol. The highest BCUT2D eigenvalue weighted by Gasteiger charge is 2.16. The van der Waals surface area contributed by atoms with Crippen molar-refractivity contribution in [1.29, 1.82) is 0 Å². The van der Waals surface area contributed by atoms with Crippen molar-refractivity contribution >= 4 is 46.1 Å². The summed E-state index contributed by atoms with van der Waals surface area (Å²) in [5.74, 6) is -0.505. The predicted octanol–water partition coefficient (Wildman–Crippen LogP) is 3.60. The van der Waals surface area contributed by atoms with Gasteiger partial charge in [-0.25, -0.2) is 9.78 Å². The summed E-state index contributed by atoms with van der Waals surface area (Å²) >= 11 is 1.10. The monoisotopic (exact) mass is 534 g/mol. The number of amides is 2. The van der Waals surface area contributed by atoms with Crippen LogP contribution in [0.2, 0.25) is 0 Å². The van der Waals surface area contributed by atoms with Crippen LogP contribution in [0.4, 0.5) is 5.69 Å². The molecule has 2 aromatic heterocycles. The second-order valence-electron chi connectivity index (χ2n) is 8.20. The lowest BCUT2D eigenvalue weighted by Crippen LogP contribution is -2.26. The van der Waals surface area contributed by atoms with Crippen LogP contribution >= 0.6 is 11.8 Å². The van der Waals surface area contributed by atoms with Crippen LogP contribution in [0.5, 0.6) is 0 Å². The second kappa shape index (κ2) is 12.7. The highest BCUT2D eigenvalue weighted by atomic mass is 32.2. The number of nitrogens with zero attached hydrogens (tertiary/aromatic N) is 2. The number of esters is 1. The molecule has 4 rings (SSSR count). The lowest BCUT2D eigenvalue weighted by molar-refractivity contribution is -0.121. The SMILES string of the molecule is COC(=O)c1ccccc1NC(=O)CSc1nc2ccccc2c(=O)n1CCCC(=O)NCc1ccco1. The molecule has 38 heavy (non-hydrogen) atoms. The van der Waals surface area contributed by atoms with Crippen molar-refractivity contribution in [2.45, 2.75) is 31.1 Å². The summed E-state index contributed by atoms with van der Waals surface area (Å²) in [6.07, 6.45) is 2.14. The smallest absolute Gasteiger partial charge is 0.339 e. The molecule has 0 saturated carbocycles. The minimum atomic E-state index is -0.563. The Hall–Kier alpha value is -4.38. The Balaban J connectivity index is 1.44. The number of carbonyl (C=O) groups is 3. The fourth-order valence-electron chi connectivity index (χ4n) is 3.74. The van der Waals surface area contributed by atoms with Crippen LogP contribution < -0.4 is 16.2 Å². The first-order valence-electron chi connectivity index (χ1n) is 11.8. The van der Waals surface area contributed by atoms with Gasteiger partial charge in [-0.3, -0.25) is 19.0 Å². The van der Waals surface area contributed by atoms with E-state index in [1.807, 2.05) is 0 Å². The van der Waals surface area contributed by atoms with Crippen LogP contribution in [0.1, 0.15) is 29.0 Å². The molecule has 196 valence electrons. The van der Waals surface area contributed by atoms with Gasteiger partial charge in [0, 0.05) is 13.0 Å². The lowest BCUT2D eigenvalue weighted by atomic mass is 10.2. The first kappa shape index (κ1) is 26.7. The van der Waals surface area contributed by atoms with Gasteiger partial charge in [0.15, 0.2) is 5.16 Å². The number of rotatable bonds is 11. The minimum Gasteiger partial charge on any atom is -0.467 e. The normalized spacial score (nSPS) is 10.8. The summed E-state index contributed by atoms with van der Waals surface area (Å²) in [6, 6.07) is 17.0. The summed E-state index contributed by atoms with van der Waals surface area (Å²) in [7, 11) is 1.27.